The van der Waals surface area contributed by atoms with Crippen LogP contribution in [0.15, 0.2) is 49.1 Å². The van der Waals surface area contributed by atoms with Gasteiger partial charge in [-0.3, -0.25) is 19.2 Å². The molecule has 3 aliphatic carbocycles. The number of aromatic nitrogens is 2. The van der Waals surface area contributed by atoms with Crippen LogP contribution >= 0.6 is 0 Å². The number of allylic oxidation sites excluding steroid dienone is 1. The van der Waals surface area contributed by atoms with Crippen LogP contribution in [0.1, 0.15) is 95.6 Å². The number of hydrogen-bond donors (Lipinski definition) is 1. The fourth-order valence-electron chi connectivity index (χ4n) is 7.70. The molecule has 1 aliphatic heterocycles. The molecule has 10 heteroatoms. The molecule has 1 saturated heterocycles. The van der Waals surface area contributed by atoms with Crippen LogP contribution in [-0.4, -0.2) is 70.3 Å². The first-order valence-electron chi connectivity index (χ1n) is 18.4. The SMILES string of the molecule is C=C[C@@H]1C[C@]1(CC(=O)[C@@H]1CN(c2cc(Cc3ccccc3)nc(C)n2)CN1C(=O)[C@@H](CC(=O)OC1CCCC1)C(C)(C)C)C(=O)NCC1CC1. The molecule has 4 atom stereocenters. The Morgan fingerprint density at radius 1 is 1.08 bits per heavy atom. The first-order valence-corrected chi connectivity index (χ1v) is 18.4. The molecule has 0 bridgehead atoms. The van der Waals surface area contributed by atoms with E-state index in [0.29, 0.717) is 36.9 Å². The average molecular weight is 684 g/mol. The van der Waals surface area contributed by atoms with Gasteiger partial charge in [0.15, 0.2) is 5.78 Å². The number of hydrogen-bond acceptors (Lipinski definition) is 8. The molecule has 2 amide bonds. The zero-order valence-corrected chi connectivity index (χ0v) is 30.2. The van der Waals surface area contributed by atoms with E-state index >= 15 is 0 Å². The van der Waals surface area contributed by atoms with Gasteiger partial charge in [0.2, 0.25) is 11.8 Å². The lowest BCUT2D eigenvalue weighted by Crippen LogP contribution is -2.49. The minimum absolute atomic E-state index is 0.0223. The molecule has 6 rings (SSSR count). The number of carbonyl (C=O) groups excluding carboxylic acids is 4. The van der Waals surface area contributed by atoms with Gasteiger partial charge in [-0.1, -0.05) is 57.2 Å². The molecule has 0 radical (unpaired) electrons. The van der Waals surface area contributed by atoms with Crippen LogP contribution in [0, 0.1) is 35.5 Å². The Morgan fingerprint density at radius 2 is 1.80 bits per heavy atom. The van der Waals surface area contributed by atoms with Gasteiger partial charge in [0, 0.05) is 32.0 Å². The molecular formula is C40H53N5O5. The van der Waals surface area contributed by atoms with Crippen LogP contribution < -0.4 is 10.2 Å². The first kappa shape index (κ1) is 35.7. The van der Waals surface area contributed by atoms with E-state index in [1.54, 1.807) is 11.0 Å². The highest BCUT2D eigenvalue weighted by Gasteiger charge is 2.60. The minimum atomic E-state index is -0.848. The highest BCUT2D eigenvalue weighted by molar-refractivity contribution is 5.97. The summed E-state index contributed by atoms with van der Waals surface area (Å²) in [4.78, 5) is 68.9. The Balaban J connectivity index is 1.27. The molecule has 4 aliphatic rings. The Hall–Kier alpha value is -4.08. The summed E-state index contributed by atoms with van der Waals surface area (Å²) in [6.07, 6.45) is 8.83. The van der Waals surface area contributed by atoms with E-state index < -0.39 is 22.8 Å². The summed E-state index contributed by atoms with van der Waals surface area (Å²) >= 11 is 0. The Labute approximate surface area is 296 Å². The minimum Gasteiger partial charge on any atom is -0.462 e. The zero-order valence-electron chi connectivity index (χ0n) is 30.2. The lowest BCUT2D eigenvalue weighted by atomic mass is 9.77. The summed E-state index contributed by atoms with van der Waals surface area (Å²) in [5, 5.41) is 3.10. The van der Waals surface area contributed by atoms with Gasteiger partial charge in [-0.2, -0.15) is 0 Å². The maximum Gasteiger partial charge on any atom is 0.306 e. The van der Waals surface area contributed by atoms with E-state index in [4.69, 9.17) is 9.72 Å². The number of rotatable bonds is 14. The summed E-state index contributed by atoms with van der Waals surface area (Å²) in [5.41, 5.74) is 0.535. The second kappa shape index (κ2) is 14.6. The number of amides is 2. The molecular weight excluding hydrogens is 630 g/mol. The lowest BCUT2D eigenvalue weighted by Gasteiger charge is -2.34. The molecule has 2 aromatic rings. The summed E-state index contributed by atoms with van der Waals surface area (Å²) in [7, 11) is 0. The van der Waals surface area contributed by atoms with Crippen LogP contribution in [0.3, 0.4) is 0 Å². The molecule has 0 spiro atoms. The number of anilines is 1. The number of aryl methyl sites for hydroxylation is 1. The van der Waals surface area contributed by atoms with E-state index in [9.17, 15) is 19.2 Å². The second-order valence-electron chi connectivity index (χ2n) is 16.1. The highest BCUT2D eigenvalue weighted by Crippen LogP contribution is 2.56. The van der Waals surface area contributed by atoms with Crippen molar-refractivity contribution in [3.05, 3.63) is 66.1 Å². The quantitative estimate of drug-likeness (QED) is 0.203. The van der Waals surface area contributed by atoms with Crippen molar-refractivity contribution in [3.8, 4) is 0 Å². The Bertz CT molecular complexity index is 1590. The van der Waals surface area contributed by atoms with Gasteiger partial charge in [-0.05, 0) is 74.7 Å². The number of nitrogens with one attached hydrogen (secondary N) is 1. The molecule has 3 saturated carbocycles. The number of esters is 1. The van der Waals surface area contributed by atoms with Gasteiger partial charge in [0.05, 0.1) is 30.1 Å². The van der Waals surface area contributed by atoms with Crippen LogP contribution in [0.2, 0.25) is 0 Å². The Kier molecular flexibility index (Phi) is 10.5. The Morgan fingerprint density at radius 3 is 2.44 bits per heavy atom. The van der Waals surface area contributed by atoms with E-state index in [2.05, 4.69) is 29.0 Å². The largest absolute Gasteiger partial charge is 0.462 e. The summed E-state index contributed by atoms with van der Waals surface area (Å²) in [6, 6.07) is 11.2. The summed E-state index contributed by atoms with van der Waals surface area (Å²) < 4.78 is 5.80. The third-order valence-corrected chi connectivity index (χ3v) is 11.1. The lowest BCUT2D eigenvalue weighted by molar-refractivity contribution is -0.156. The van der Waals surface area contributed by atoms with Crippen molar-refractivity contribution in [1.29, 1.82) is 0 Å². The molecule has 10 nitrogen and oxygen atoms in total. The fraction of sp³-hybridized carbons (Fsp3) is 0.600. The molecule has 1 aromatic heterocycles. The monoisotopic (exact) mass is 683 g/mol. The van der Waals surface area contributed by atoms with Crippen molar-refractivity contribution in [2.45, 2.75) is 104 Å². The van der Waals surface area contributed by atoms with Crippen LogP contribution in [0.25, 0.3) is 0 Å². The van der Waals surface area contributed by atoms with Gasteiger partial charge in [0.25, 0.3) is 0 Å². The first-order chi connectivity index (χ1) is 23.9. The van der Waals surface area contributed by atoms with Gasteiger partial charge in [0.1, 0.15) is 23.8 Å². The molecule has 2 heterocycles. The highest BCUT2D eigenvalue weighted by atomic mass is 16.5. The van der Waals surface area contributed by atoms with Gasteiger partial charge in [-0.15, -0.1) is 6.58 Å². The van der Waals surface area contributed by atoms with Crippen molar-refractivity contribution in [2.75, 3.05) is 24.7 Å². The predicted molar refractivity (Wildman–Crippen MR) is 191 cm³/mol. The van der Waals surface area contributed by atoms with E-state index in [1.807, 2.05) is 56.9 Å². The number of nitrogens with zero attached hydrogens (tertiary/aromatic N) is 4. The van der Waals surface area contributed by atoms with Crippen LogP contribution in [0.5, 0.6) is 0 Å². The topological polar surface area (TPSA) is 122 Å². The molecule has 1 aromatic carbocycles. The number of ketones is 1. The van der Waals surface area contributed by atoms with Crippen molar-refractivity contribution in [3.63, 3.8) is 0 Å². The molecule has 1 N–H and O–H groups in total. The van der Waals surface area contributed by atoms with Crippen LogP contribution in [0.4, 0.5) is 5.82 Å². The fourth-order valence-corrected chi connectivity index (χ4v) is 7.70. The van der Waals surface area contributed by atoms with Gasteiger partial charge < -0.3 is 19.9 Å². The normalized spacial score (nSPS) is 24.2. The zero-order chi connectivity index (χ0) is 35.6. The number of ether oxygens (including phenoxy) is 1. The number of Topliss-reactive ketones (excluding diaryl/α,β-unsaturated/α-hetero) is 1. The van der Waals surface area contributed by atoms with Crippen molar-refractivity contribution in [1.82, 2.24) is 20.2 Å². The third kappa shape index (κ3) is 8.27. The number of benzene rings is 1. The maximum absolute atomic E-state index is 14.7. The van der Waals surface area contributed by atoms with Crippen LogP contribution in [-0.2, 0) is 30.3 Å². The second-order valence-corrected chi connectivity index (χ2v) is 16.1. The molecule has 268 valence electrons. The maximum atomic E-state index is 14.7. The number of carbonyl (C=O) groups is 4. The smallest absolute Gasteiger partial charge is 0.306 e. The summed E-state index contributed by atoms with van der Waals surface area (Å²) in [5.74, 6) is 0.0487. The van der Waals surface area contributed by atoms with Crippen molar-refractivity contribution < 1.29 is 23.9 Å². The standard InChI is InChI=1S/C40H53N5O5/c1-6-29-21-40(29,38(49)41-23-28-16-17-28)22-34(46)33-24-44(35-19-30(42-26(2)43-35)18-27-12-8-7-9-13-27)25-45(33)37(48)32(39(3,4)5)20-36(47)50-31-14-10-11-15-31/h6-9,12-13,19,28-29,31-33H,1,10-11,14-18,20-25H2,2-5H3,(H,41,49)/t29-,32-,33+,40-/m1/s1. The predicted octanol–water partition coefficient (Wildman–Crippen LogP) is 5.57. The summed E-state index contributed by atoms with van der Waals surface area (Å²) in [6.45, 7) is 12.6. The average Bonchev–Trinajstić information content (AvgIpc) is 3.92. The van der Waals surface area contributed by atoms with Gasteiger partial charge >= 0.3 is 5.97 Å². The van der Waals surface area contributed by atoms with Crippen molar-refractivity contribution >= 4 is 29.4 Å². The van der Waals surface area contributed by atoms with Crippen molar-refractivity contribution in [2.24, 2.45) is 28.6 Å². The molecule has 0 unspecified atom stereocenters. The van der Waals surface area contributed by atoms with Gasteiger partial charge in [-0.25, -0.2) is 9.97 Å². The molecule has 4 fully saturated rings. The third-order valence-electron chi connectivity index (χ3n) is 11.1. The molecule has 50 heavy (non-hydrogen) atoms. The van der Waals surface area contributed by atoms with E-state index in [-0.39, 0.29) is 61.6 Å². The van der Waals surface area contributed by atoms with E-state index in [1.165, 1.54) is 0 Å². The van der Waals surface area contributed by atoms with E-state index in [0.717, 1.165) is 49.8 Å².